The number of carboxylic acid groups (broad SMARTS) is 1. The molecule has 1 rings (SSSR count). The summed E-state index contributed by atoms with van der Waals surface area (Å²) in [7, 11) is 0. The Bertz CT molecular complexity index is 468. The Morgan fingerprint density at radius 3 is 2.53 bits per heavy atom. The zero-order valence-electron chi connectivity index (χ0n) is 10.1. The Kier molecular flexibility index (Phi) is 4.57. The maximum atomic E-state index is 12.3. The molecule has 0 aliphatic rings. The molecule has 8 heteroatoms. The number of aliphatic carboxylic acids is 1. The molecule has 0 atom stereocenters. The van der Waals surface area contributed by atoms with Gasteiger partial charge in [-0.1, -0.05) is 0 Å². The molecular formula is C11H13F3N2O3. The Morgan fingerprint density at radius 2 is 2.05 bits per heavy atom. The molecule has 1 aromatic heterocycles. The lowest BCUT2D eigenvalue weighted by atomic mass is 10.3. The minimum Gasteiger partial charge on any atom is -0.480 e. The predicted molar refractivity (Wildman–Crippen MR) is 59.7 cm³/mol. The van der Waals surface area contributed by atoms with E-state index >= 15 is 0 Å². The van der Waals surface area contributed by atoms with Gasteiger partial charge in [0.25, 0.3) is 5.91 Å². The van der Waals surface area contributed by atoms with Gasteiger partial charge in [-0.05, 0) is 19.1 Å². The van der Waals surface area contributed by atoms with Crippen LogP contribution < -0.4 is 0 Å². The van der Waals surface area contributed by atoms with Gasteiger partial charge in [0.05, 0.1) is 0 Å². The van der Waals surface area contributed by atoms with Crippen molar-refractivity contribution in [3.05, 3.63) is 24.0 Å². The molecule has 1 N–H and O–H groups in total. The van der Waals surface area contributed by atoms with Crippen molar-refractivity contribution in [3.63, 3.8) is 0 Å². The Hall–Kier alpha value is -1.99. The molecule has 1 heterocycles. The number of carboxylic acids is 1. The number of aromatic nitrogens is 1. The molecule has 19 heavy (non-hydrogen) atoms. The van der Waals surface area contributed by atoms with Crippen LogP contribution >= 0.6 is 0 Å². The molecule has 0 aromatic carbocycles. The van der Waals surface area contributed by atoms with E-state index in [1.165, 1.54) is 25.3 Å². The largest absolute Gasteiger partial charge is 0.480 e. The van der Waals surface area contributed by atoms with E-state index in [1.54, 1.807) is 0 Å². The number of carbonyl (C=O) groups is 2. The molecule has 0 aliphatic carbocycles. The number of halogens is 3. The van der Waals surface area contributed by atoms with Crippen LogP contribution in [0.3, 0.4) is 0 Å². The first-order chi connectivity index (χ1) is 8.74. The molecule has 0 unspecified atom stereocenters. The molecule has 0 aliphatic heterocycles. The van der Waals surface area contributed by atoms with E-state index in [9.17, 15) is 22.8 Å². The van der Waals surface area contributed by atoms with Gasteiger partial charge in [0.15, 0.2) is 0 Å². The van der Waals surface area contributed by atoms with Gasteiger partial charge in [0.2, 0.25) is 0 Å². The summed E-state index contributed by atoms with van der Waals surface area (Å²) >= 11 is 0. The van der Waals surface area contributed by atoms with Crippen LogP contribution in [-0.4, -0.2) is 45.7 Å². The van der Waals surface area contributed by atoms with E-state index in [2.05, 4.69) is 0 Å². The van der Waals surface area contributed by atoms with Crippen molar-refractivity contribution in [1.82, 2.24) is 9.47 Å². The maximum Gasteiger partial charge on any atom is 0.406 e. The van der Waals surface area contributed by atoms with E-state index in [-0.39, 0.29) is 12.2 Å². The molecule has 0 radical (unpaired) electrons. The molecule has 0 saturated heterocycles. The van der Waals surface area contributed by atoms with Crippen molar-refractivity contribution in [1.29, 1.82) is 0 Å². The third-order valence-corrected chi connectivity index (χ3v) is 2.39. The number of hydrogen-bond acceptors (Lipinski definition) is 2. The van der Waals surface area contributed by atoms with E-state index in [0.29, 0.717) is 4.90 Å². The van der Waals surface area contributed by atoms with Crippen LogP contribution in [-0.2, 0) is 11.3 Å². The molecule has 0 fully saturated rings. The van der Waals surface area contributed by atoms with Gasteiger partial charge < -0.3 is 14.6 Å². The topological polar surface area (TPSA) is 62.5 Å². The second-order valence-electron chi connectivity index (χ2n) is 3.85. The average molecular weight is 278 g/mol. The number of amides is 1. The minimum absolute atomic E-state index is 0.0755. The van der Waals surface area contributed by atoms with Crippen LogP contribution in [0.2, 0.25) is 0 Å². The Balaban J connectivity index is 2.92. The summed E-state index contributed by atoms with van der Waals surface area (Å²) in [6, 6.07) is 2.71. The predicted octanol–water partition coefficient (Wildman–Crippen LogP) is 1.60. The summed E-state index contributed by atoms with van der Waals surface area (Å²) in [4.78, 5) is 23.1. The molecule has 1 amide bonds. The van der Waals surface area contributed by atoms with Crippen LogP contribution in [0.5, 0.6) is 0 Å². The van der Waals surface area contributed by atoms with E-state index in [0.717, 1.165) is 4.57 Å². The quantitative estimate of drug-likeness (QED) is 0.889. The van der Waals surface area contributed by atoms with Gasteiger partial charge in [-0.25, -0.2) is 0 Å². The number of rotatable bonds is 5. The highest BCUT2D eigenvalue weighted by atomic mass is 19.4. The van der Waals surface area contributed by atoms with E-state index < -0.39 is 31.1 Å². The lowest BCUT2D eigenvalue weighted by molar-refractivity contribution is -0.141. The fourth-order valence-electron chi connectivity index (χ4n) is 1.60. The summed E-state index contributed by atoms with van der Waals surface area (Å²) in [5.74, 6) is -2.02. The van der Waals surface area contributed by atoms with Crippen molar-refractivity contribution in [3.8, 4) is 0 Å². The molecular weight excluding hydrogens is 265 g/mol. The maximum absolute atomic E-state index is 12.3. The first kappa shape index (κ1) is 15.1. The van der Waals surface area contributed by atoms with E-state index in [4.69, 9.17) is 5.11 Å². The number of hydrogen-bond donors (Lipinski definition) is 1. The monoisotopic (exact) mass is 278 g/mol. The van der Waals surface area contributed by atoms with E-state index in [1.807, 2.05) is 0 Å². The lowest BCUT2D eigenvalue weighted by Gasteiger charge is -2.22. The van der Waals surface area contributed by atoms with Gasteiger partial charge in [-0.15, -0.1) is 0 Å². The Morgan fingerprint density at radius 1 is 1.42 bits per heavy atom. The number of nitrogens with zero attached hydrogens (tertiary/aromatic N) is 2. The van der Waals surface area contributed by atoms with Crippen molar-refractivity contribution < 1.29 is 27.9 Å². The Labute approximate surface area is 107 Å². The van der Waals surface area contributed by atoms with Crippen LogP contribution in [0.25, 0.3) is 0 Å². The zero-order valence-corrected chi connectivity index (χ0v) is 10.1. The minimum atomic E-state index is -4.49. The van der Waals surface area contributed by atoms with Crippen molar-refractivity contribution in [2.75, 3.05) is 13.1 Å². The van der Waals surface area contributed by atoms with Crippen molar-refractivity contribution in [2.24, 2.45) is 0 Å². The summed E-state index contributed by atoms with van der Waals surface area (Å²) in [6.45, 7) is -0.525. The molecule has 1 aromatic rings. The highest BCUT2D eigenvalue weighted by Gasteiger charge is 2.33. The average Bonchev–Trinajstić information content (AvgIpc) is 2.70. The van der Waals surface area contributed by atoms with Gasteiger partial charge >= 0.3 is 12.1 Å². The van der Waals surface area contributed by atoms with Crippen LogP contribution in [0.1, 0.15) is 17.4 Å². The van der Waals surface area contributed by atoms with Gasteiger partial charge in [-0.2, -0.15) is 13.2 Å². The third-order valence-electron chi connectivity index (χ3n) is 2.39. The summed E-state index contributed by atoms with van der Waals surface area (Å²) in [6.07, 6.45) is -3.15. The first-order valence-corrected chi connectivity index (χ1v) is 5.47. The lowest BCUT2D eigenvalue weighted by Crippen LogP contribution is -2.39. The summed E-state index contributed by atoms with van der Waals surface area (Å²) in [5.41, 5.74) is -0.0755. The molecule has 0 spiro atoms. The molecule has 106 valence electrons. The number of alkyl halides is 3. The normalized spacial score (nSPS) is 11.4. The van der Waals surface area contributed by atoms with Gasteiger partial charge in [0.1, 0.15) is 18.8 Å². The van der Waals surface area contributed by atoms with Gasteiger partial charge in [-0.3, -0.25) is 9.59 Å². The van der Waals surface area contributed by atoms with Crippen LogP contribution in [0, 0.1) is 0 Å². The highest BCUT2D eigenvalue weighted by molar-refractivity contribution is 5.93. The SMILES string of the molecule is CCN(CC(F)(F)F)C(=O)c1cccn1CC(=O)O. The van der Waals surface area contributed by atoms with Crippen LogP contribution in [0.15, 0.2) is 18.3 Å². The molecule has 0 saturated carbocycles. The molecule has 0 bridgehead atoms. The van der Waals surface area contributed by atoms with Crippen molar-refractivity contribution >= 4 is 11.9 Å². The smallest absolute Gasteiger partial charge is 0.406 e. The fourth-order valence-corrected chi connectivity index (χ4v) is 1.60. The summed E-state index contributed by atoms with van der Waals surface area (Å²) < 4.78 is 38.0. The van der Waals surface area contributed by atoms with Gasteiger partial charge in [0, 0.05) is 12.7 Å². The fraction of sp³-hybridized carbons (Fsp3) is 0.455. The van der Waals surface area contributed by atoms with Crippen molar-refractivity contribution in [2.45, 2.75) is 19.6 Å². The molecule has 5 nitrogen and oxygen atoms in total. The third kappa shape index (κ3) is 4.31. The number of carbonyl (C=O) groups excluding carboxylic acids is 1. The van der Waals surface area contributed by atoms with Crippen LogP contribution in [0.4, 0.5) is 13.2 Å². The second kappa shape index (κ2) is 5.77. The second-order valence-corrected chi connectivity index (χ2v) is 3.85. The summed E-state index contributed by atoms with van der Waals surface area (Å²) in [5, 5.41) is 8.65. The first-order valence-electron chi connectivity index (χ1n) is 5.47. The highest BCUT2D eigenvalue weighted by Crippen LogP contribution is 2.18. The standard InChI is InChI=1S/C11H13F3N2O3/c1-2-15(7-11(12,13)14)10(19)8-4-3-5-16(8)6-9(17)18/h3-5H,2,6-7H2,1H3,(H,17,18). The zero-order chi connectivity index (χ0) is 14.6.